The summed E-state index contributed by atoms with van der Waals surface area (Å²) in [4.78, 5) is 7.17. The van der Waals surface area contributed by atoms with E-state index in [1.165, 1.54) is 11.3 Å². The van der Waals surface area contributed by atoms with Crippen LogP contribution >= 0.6 is 0 Å². The van der Waals surface area contributed by atoms with Gasteiger partial charge in [0.15, 0.2) is 0 Å². The Morgan fingerprint density at radius 1 is 1.26 bits per heavy atom. The van der Waals surface area contributed by atoms with Crippen molar-refractivity contribution in [1.29, 1.82) is 0 Å². The van der Waals surface area contributed by atoms with Crippen LogP contribution in [0.4, 0.5) is 0 Å². The van der Waals surface area contributed by atoms with E-state index in [-0.39, 0.29) is 0 Å². The second-order valence-electron chi connectivity index (χ2n) is 6.03. The van der Waals surface area contributed by atoms with Gasteiger partial charge in [0, 0.05) is 25.8 Å². The molecule has 2 atom stereocenters. The fourth-order valence-electron chi connectivity index (χ4n) is 2.94. The first kappa shape index (κ1) is 14.5. The molecule has 0 saturated carbocycles. The van der Waals surface area contributed by atoms with Gasteiger partial charge < -0.3 is 5.32 Å². The van der Waals surface area contributed by atoms with E-state index in [1.54, 1.807) is 0 Å². The van der Waals surface area contributed by atoms with Crippen LogP contribution in [0.25, 0.3) is 0 Å². The molecule has 0 aliphatic carbocycles. The second-order valence-corrected chi connectivity index (χ2v) is 6.03. The maximum Gasteiger partial charge on any atom is 0.0575 e. The molecule has 1 aromatic rings. The van der Waals surface area contributed by atoms with E-state index in [1.807, 2.05) is 12.3 Å². The molecule has 0 spiro atoms. The Labute approximate surface area is 117 Å². The van der Waals surface area contributed by atoms with Crippen LogP contribution in [-0.4, -0.2) is 36.1 Å². The predicted molar refractivity (Wildman–Crippen MR) is 80.1 cm³/mol. The second kappa shape index (κ2) is 7.01. The highest BCUT2D eigenvalue weighted by molar-refractivity contribution is 5.19. The molecule has 0 bridgehead atoms. The monoisotopic (exact) mass is 261 g/mol. The first-order valence-corrected chi connectivity index (χ1v) is 7.54. The minimum atomic E-state index is 0.710. The van der Waals surface area contributed by atoms with E-state index >= 15 is 0 Å². The van der Waals surface area contributed by atoms with Gasteiger partial charge in [0.2, 0.25) is 0 Å². The Kier molecular flexibility index (Phi) is 5.34. The summed E-state index contributed by atoms with van der Waals surface area (Å²) in [6, 6.07) is 4.26. The molecule has 2 unspecified atom stereocenters. The Bertz CT molecular complexity index is 379. The molecule has 0 radical (unpaired) electrons. The van der Waals surface area contributed by atoms with Crippen LogP contribution in [0.2, 0.25) is 0 Å². The molecule has 2 rings (SSSR count). The SMILES string of the molecule is CCc1cccnc1CN1CC(C)CNCC(C)C1. The van der Waals surface area contributed by atoms with Gasteiger partial charge in [-0.25, -0.2) is 0 Å². The van der Waals surface area contributed by atoms with Crippen molar-refractivity contribution in [3.8, 4) is 0 Å². The third-order valence-corrected chi connectivity index (χ3v) is 3.86. The molecule has 2 heterocycles. The van der Waals surface area contributed by atoms with Gasteiger partial charge in [0.25, 0.3) is 0 Å². The van der Waals surface area contributed by atoms with Crippen LogP contribution in [0, 0.1) is 11.8 Å². The summed E-state index contributed by atoms with van der Waals surface area (Å²) in [7, 11) is 0. The third-order valence-electron chi connectivity index (χ3n) is 3.86. The number of aromatic nitrogens is 1. The van der Waals surface area contributed by atoms with Gasteiger partial charge in [0.05, 0.1) is 5.69 Å². The number of hydrogen-bond acceptors (Lipinski definition) is 3. The quantitative estimate of drug-likeness (QED) is 0.905. The van der Waals surface area contributed by atoms with Crippen LogP contribution in [0.15, 0.2) is 18.3 Å². The van der Waals surface area contributed by atoms with E-state index in [0.717, 1.165) is 39.1 Å². The maximum absolute atomic E-state index is 4.59. The minimum absolute atomic E-state index is 0.710. The Morgan fingerprint density at radius 3 is 2.58 bits per heavy atom. The van der Waals surface area contributed by atoms with Gasteiger partial charge in [-0.15, -0.1) is 0 Å². The number of hydrogen-bond donors (Lipinski definition) is 1. The fraction of sp³-hybridized carbons (Fsp3) is 0.688. The first-order chi connectivity index (χ1) is 9.19. The molecular formula is C16H27N3. The van der Waals surface area contributed by atoms with Crippen molar-refractivity contribution in [2.45, 2.75) is 33.7 Å². The van der Waals surface area contributed by atoms with Crippen LogP contribution in [0.5, 0.6) is 0 Å². The predicted octanol–water partition coefficient (Wildman–Crippen LogP) is 2.32. The fourth-order valence-corrected chi connectivity index (χ4v) is 2.94. The summed E-state index contributed by atoms with van der Waals surface area (Å²) >= 11 is 0. The molecule has 1 aromatic heterocycles. The topological polar surface area (TPSA) is 28.2 Å². The maximum atomic E-state index is 4.59. The summed E-state index contributed by atoms with van der Waals surface area (Å²) in [5.41, 5.74) is 2.65. The van der Waals surface area contributed by atoms with Crippen molar-refractivity contribution < 1.29 is 0 Å². The normalized spacial score (nSPS) is 25.8. The van der Waals surface area contributed by atoms with Crippen molar-refractivity contribution in [2.24, 2.45) is 11.8 Å². The highest BCUT2D eigenvalue weighted by Gasteiger charge is 2.18. The highest BCUT2D eigenvalue weighted by atomic mass is 15.1. The van der Waals surface area contributed by atoms with E-state index in [0.29, 0.717) is 11.8 Å². The van der Waals surface area contributed by atoms with Gasteiger partial charge in [-0.3, -0.25) is 9.88 Å². The number of nitrogens with zero attached hydrogens (tertiary/aromatic N) is 2. The van der Waals surface area contributed by atoms with Gasteiger partial charge in [-0.05, 0) is 43.0 Å². The molecule has 1 aliphatic rings. The Morgan fingerprint density at radius 2 is 1.95 bits per heavy atom. The van der Waals surface area contributed by atoms with Crippen molar-refractivity contribution in [2.75, 3.05) is 26.2 Å². The zero-order valence-electron chi connectivity index (χ0n) is 12.5. The smallest absolute Gasteiger partial charge is 0.0575 e. The summed E-state index contributed by atoms with van der Waals surface area (Å²) in [6.45, 7) is 12.5. The first-order valence-electron chi connectivity index (χ1n) is 7.54. The third kappa shape index (κ3) is 4.29. The van der Waals surface area contributed by atoms with Crippen molar-refractivity contribution in [3.05, 3.63) is 29.6 Å². The van der Waals surface area contributed by atoms with Crippen LogP contribution in [-0.2, 0) is 13.0 Å². The van der Waals surface area contributed by atoms with Gasteiger partial charge in [0.1, 0.15) is 0 Å². The van der Waals surface area contributed by atoms with Gasteiger partial charge in [-0.2, -0.15) is 0 Å². The van der Waals surface area contributed by atoms with Crippen molar-refractivity contribution in [1.82, 2.24) is 15.2 Å². The van der Waals surface area contributed by atoms with Gasteiger partial charge in [-0.1, -0.05) is 26.8 Å². The van der Waals surface area contributed by atoms with E-state index in [2.05, 4.69) is 42.0 Å². The van der Waals surface area contributed by atoms with E-state index in [9.17, 15) is 0 Å². The summed E-state index contributed by atoms with van der Waals surface area (Å²) < 4.78 is 0. The van der Waals surface area contributed by atoms with Crippen LogP contribution in [0.3, 0.4) is 0 Å². The van der Waals surface area contributed by atoms with Crippen LogP contribution in [0.1, 0.15) is 32.0 Å². The molecule has 106 valence electrons. The molecule has 1 N–H and O–H groups in total. The van der Waals surface area contributed by atoms with Crippen molar-refractivity contribution >= 4 is 0 Å². The standard InChI is InChI=1S/C16H27N3/c1-4-15-6-5-7-18-16(15)12-19-10-13(2)8-17-9-14(3)11-19/h5-7,13-14,17H,4,8-12H2,1-3H3. The Hall–Kier alpha value is -0.930. The zero-order valence-corrected chi connectivity index (χ0v) is 12.5. The molecule has 1 saturated heterocycles. The Balaban J connectivity index is 2.06. The zero-order chi connectivity index (χ0) is 13.7. The summed E-state index contributed by atoms with van der Waals surface area (Å²) in [6.07, 6.45) is 3.00. The lowest BCUT2D eigenvalue weighted by atomic mass is 10.0. The lowest BCUT2D eigenvalue weighted by Crippen LogP contribution is -2.42. The molecule has 19 heavy (non-hydrogen) atoms. The average Bonchev–Trinajstić information content (AvgIpc) is 2.37. The average molecular weight is 261 g/mol. The van der Waals surface area contributed by atoms with E-state index < -0.39 is 0 Å². The van der Waals surface area contributed by atoms with Crippen molar-refractivity contribution in [3.63, 3.8) is 0 Å². The number of rotatable bonds is 3. The lowest BCUT2D eigenvalue weighted by Gasteiger charge is -2.31. The van der Waals surface area contributed by atoms with Gasteiger partial charge >= 0.3 is 0 Å². The highest BCUT2D eigenvalue weighted by Crippen LogP contribution is 2.14. The largest absolute Gasteiger partial charge is 0.316 e. The van der Waals surface area contributed by atoms with E-state index in [4.69, 9.17) is 0 Å². The molecule has 3 heteroatoms. The molecule has 0 aromatic carbocycles. The molecule has 0 amide bonds. The number of pyridine rings is 1. The van der Waals surface area contributed by atoms with Crippen LogP contribution < -0.4 is 5.32 Å². The molecule has 1 fully saturated rings. The number of nitrogens with one attached hydrogen (secondary N) is 1. The molecular weight excluding hydrogens is 234 g/mol. The number of aryl methyl sites for hydroxylation is 1. The lowest BCUT2D eigenvalue weighted by molar-refractivity contribution is 0.176. The minimum Gasteiger partial charge on any atom is -0.316 e. The summed E-state index contributed by atoms with van der Waals surface area (Å²) in [5.74, 6) is 1.42. The molecule has 1 aliphatic heterocycles. The summed E-state index contributed by atoms with van der Waals surface area (Å²) in [5, 5.41) is 3.55. The molecule has 3 nitrogen and oxygen atoms in total.